The minimum atomic E-state index is -0.453. The zero-order valence-corrected chi connectivity index (χ0v) is 15.3. The maximum Gasteiger partial charge on any atom is 0.199 e. The van der Waals surface area contributed by atoms with Crippen molar-refractivity contribution < 1.29 is 4.39 Å². The summed E-state index contributed by atoms with van der Waals surface area (Å²) in [5.41, 5.74) is 3.27. The quantitative estimate of drug-likeness (QED) is 0.597. The molecular weight excluding hydrogens is 365 g/mol. The van der Waals surface area contributed by atoms with E-state index < -0.39 is 5.82 Å². The van der Waals surface area contributed by atoms with Crippen LogP contribution in [0.1, 0.15) is 17.0 Å². The van der Waals surface area contributed by atoms with Crippen molar-refractivity contribution in [3.05, 3.63) is 75.0 Å². The van der Waals surface area contributed by atoms with E-state index in [1.807, 2.05) is 12.1 Å². The van der Waals surface area contributed by atoms with E-state index in [1.54, 1.807) is 28.5 Å². The van der Waals surface area contributed by atoms with Crippen molar-refractivity contribution in [1.29, 1.82) is 0 Å². The molecule has 2 aromatic carbocycles. The molecular formula is C17H15ClFN3S2. The predicted octanol–water partition coefficient (Wildman–Crippen LogP) is 5.46. The summed E-state index contributed by atoms with van der Waals surface area (Å²) in [6.45, 7) is 2.10. The van der Waals surface area contributed by atoms with Crippen LogP contribution in [0.5, 0.6) is 0 Å². The second-order valence-corrected chi connectivity index (χ2v) is 7.08. The first-order valence-corrected chi connectivity index (χ1v) is 9.24. The number of H-pyrrole nitrogens is 1. The van der Waals surface area contributed by atoms with Gasteiger partial charge in [-0.15, -0.1) is 11.8 Å². The molecule has 0 spiro atoms. The lowest BCUT2D eigenvalue weighted by Gasteiger charge is -2.08. The third kappa shape index (κ3) is 3.71. The molecule has 1 N–H and O–H groups in total. The number of nitrogens with zero attached hydrogens (tertiary/aromatic N) is 2. The van der Waals surface area contributed by atoms with E-state index in [2.05, 4.69) is 29.3 Å². The Morgan fingerprint density at radius 1 is 1.25 bits per heavy atom. The van der Waals surface area contributed by atoms with Gasteiger partial charge in [0.25, 0.3) is 0 Å². The van der Waals surface area contributed by atoms with Crippen molar-refractivity contribution in [2.75, 3.05) is 0 Å². The van der Waals surface area contributed by atoms with Gasteiger partial charge in [-0.05, 0) is 48.5 Å². The molecule has 1 heterocycles. The largest absolute Gasteiger partial charge is 0.271 e. The highest BCUT2D eigenvalue weighted by Crippen LogP contribution is 2.23. The van der Waals surface area contributed by atoms with E-state index >= 15 is 0 Å². The third-order valence-corrected chi connectivity index (χ3v) is 5.19. The molecule has 0 aliphatic carbocycles. The fourth-order valence-corrected chi connectivity index (χ4v) is 3.79. The van der Waals surface area contributed by atoms with Gasteiger partial charge < -0.3 is 0 Å². The number of halogens is 2. The fraction of sp³-hybridized carbons (Fsp3) is 0.176. The van der Waals surface area contributed by atoms with Gasteiger partial charge in [-0.1, -0.05) is 35.9 Å². The maximum atomic E-state index is 13.4. The Morgan fingerprint density at radius 2 is 2.04 bits per heavy atom. The van der Waals surface area contributed by atoms with Crippen LogP contribution in [0.3, 0.4) is 0 Å². The second-order valence-electron chi connectivity index (χ2n) is 5.30. The highest BCUT2D eigenvalue weighted by Gasteiger charge is 2.11. The maximum absolute atomic E-state index is 13.4. The van der Waals surface area contributed by atoms with Crippen LogP contribution in [-0.4, -0.2) is 14.8 Å². The van der Waals surface area contributed by atoms with Gasteiger partial charge in [0.05, 0.1) is 16.5 Å². The molecule has 0 saturated carbocycles. The number of hydrogen-bond acceptors (Lipinski definition) is 3. The van der Waals surface area contributed by atoms with E-state index in [1.165, 1.54) is 17.2 Å². The second kappa shape index (κ2) is 7.51. The molecule has 0 unspecified atom stereocenters. The molecule has 0 radical (unpaired) electrons. The average Bonchev–Trinajstić information content (AvgIpc) is 2.93. The lowest BCUT2D eigenvalue weighted by atomic mass is 10.1. The van der Waals surface area contributed by atoms with Crippen LogP contribution in [0, 0.1) is 17.5 Å². The number of rotatable bonds is 5. The summed E-state index contributed by atoms with van der Waals surface area (Å²) in [4.78, 5) is 0. The van der Waals surface area contributed by atoms with E-state index in [4.69, 9.17) is 23.8 Å². The molecule has 0 aliphatic rings. The normalized spacial score (nSPS) is 11.0. The van der Waals surface area contributed by atoms with Gasteiger partial charge in [0, 0.05) is 5.75 Å². The summed E-state index contributed by atoms with van der Waals surface area (Å²) < 4.78 is 15.6. The summed E-state index contributed by atoms with van der Waals surface area (Å²) in [6, 6.07) is 12.8. The molecule has 0 aliphatic heterocycles. The van der Waals surface area contributed by atoms with Crippen molar-refractivity contribution in [2.24, 2.45) is 0 Å². The molecule has 1 aromatic heterocycles. The van der Waals surface area contributed by atoms with Gasteiger partial charge >= 0.3 is 0 Å². The van der Waals surface area contributed by atoms with Crippen LogP contribution in [0.15, 0.2) is 42.5 Å². The van der Waals surface area contributed by atoms with E-state index in [9.17, 15) is 4.39 Å². The molecule has 124 valence electrons. The molecule has 3 rings (SSSR count). The Hall–Kier alpha value is -1.63. The number of aryl methyl sites for hydroxylation is 1. The van der Waals surface area contributed by atoms with Gasteiger partial charge in [0.2, 0.25) is 0 Å². The van der Waals surface area contributed by atoms with Gasteiger partial charge in [-0.25, -0.2) is 4.39 Å². The molecule has 0 fully saturated rings. The summed E-state index contributed by atoms with van der Waals surface area (Å²) in [5.74, 6) is 1.89. The summed E-state index contributed by atoms with van der Waals surface area (Å²) in [6.07, 6.45) is 0. The standard InChI is InChI=1S/C17H15ClFN3S2/c1-11-4-2-3-5-12(11)9-24-10-16-20-21-17(23)22(16)13-6-7-15(19)14(18)8-13/h2-8H,9-10H2,1H3,(H,21,23). The first-order valence-electron chi connectivity index (χ1n) is 7.30. The molecule has 3 nitrogen and oxygen atoms in total. The third-order valence-electron chi connectivity index (χ3n) is 3.65. The number of thioether (sulfide) groups is 1. The van der Waals surface area contributed by atoms with Crippen LogP contribution in [-0.2, 0) is 11.5 Å². The molecule has 7 heteroatoms. The molecule has 24 heavy (non-hydrogen) atoms. The van der Waals surface area contributed by atoms with Crippen molar-refractivity contribution in [2.45, 2.75) is 18.4 Å². The van der Waals surface area contributed by atoms with Crippen molar-refractivity contribution >= 4 is 35.6 Å². The minimum Gasteiger partial charge on any atom is -0.271 e. The highest BCUT2D eigenvalue weighted by atomic mass is 35.5. The Bertz CT molecular complexity index is 920. The molecule has 3 aromatic rings. The molecule has 0 atom stereocenters. The van der Waals surface area contributed by atoms with Crippen LogP contribution in [0.25, 0.3) is 5.69 Å². The first kappa shape index (κ1) is 17.2. The number of aromatic nitrogens is 3. The Kier molecular flexibility index (Phi) is 5.38. The SMILES string of the molecule is Cc1ccccc1CSCc1n[nH]c(=S)n1-c1ccc(F)c(Cl)c1. The minimum absolute atomic E-state index is 0.0640. The average molecular weight is 380 g/mol. The van der Waals surface area contributed by atoms with Crippen LogP contribution in [0.2, 0.25) is 5.02 Å². The van der Waals surface area contributed by atoms with Gasteiger partial charge in [0.15, 0.2) is 4.77 Å². The number of hydrogen-bond donors (Lipinski definition) is 1. The van der Waals surface area contributed by atoms with E-state index in [0.717, 1.165) is 11.6 Å². The van der Waals surface area contributed by atoms with Crippen molar-refractivity contribution in [3.63, 3.8) is 0 Å². The monoisotopic (exact) mass is 379 g/mol. The van der Waals surface area contributed by atoms with Gasteiger partial charge in [-0.2, -0.15) is 5.10 Å². The number of nitrogens with one attached hydrogen (secondary N) is 1. The summed E-state index contributed by atoms with van der Waals surface area (Å²) in [7, 11) is 0. The molecule has 0 amide bonds. The van der Waals surface area contributed by atoms with Crippen LogP contribution < -0.4 is 0 Å². The van der Waals surface area contributed by atoms with Crippen LogP contribution >= 0.6 is 35.6 Å². The first-order chi connectivity index (χ1) is 11.6. The zero-order valence-electron chi connectivity index (χ0n) is 12.9. The lowest BCUT2D eigenvalue weighted by molar-refractivity contribution is 0.627. The topological polar surface area (TPSA) is 33.6 Å². The lowest BCUT2D eigenvalue weighted by Crippen LogP contribution is -2.01. The number of aromatic amines is 1. The molecule has 0 saturated heterocycles. The molecule has 0 bridgehead atoms. The van der Waals surface area contributed by atoms with E-state index in [-0.39, 0.29) is 5.02 Å². The predicted molar refractivity (Wildman–Crippen MR) is 99.9 cm³/mol. The summed E-state index contributed by atoms with van der Waals surface area (Å²) >= 11 is 12.9. The Balaban J connectivity index is 1.79. The summed E-state index contributed by atoms with van der Waals surface area (Å²) in [5, 5.41) is 7.15. The van der Waals surface area contributed by atoms with E-state index in [0.29, 0.717) is 16.2 Å². The fourth-order valence-electron chi connectivity index (χ4n) is 2.34. The Morgan fingerprint density at radius 3 is 2.79 bits per heavy atom. The Labute approximate surface area is 153 Å². The zero-order chi connectivity index (χ0) is 17.1. The number of benzene rings is 2. The van der Waals surface area contributed by atoms with Crippen LogP contribution in [0.4, 0.5) is 4.39 Å². The van der Waals surface area contributed by atoms with Gasteiger partial charge in [-0.3, -0.25) is 9.67 Å². The highest BCUT2D eigenvalue weighted by molar-refractivity contribution is 7.97. The van der Waals surface area contributed by atoms with Crippen molar-refractivity contribution in [1.82, 2.24) is 14.8 Å². The smallest absolute Gasteiger partial charge is 0.199 e. The van der Waals surface area contributed by atoms with Gasteiger partial charge in [0.1, 0.15) is 11.6 Å². The van der Waals surface area contributed by atoms with Crippen molar-refractivity contribution in [3.8, 4) is 5.69 Å².